The lowest BCUT2D eigenvalue weighted by atomic mass is 10.2. The molecule has 2 aromatic rings. The van der Waals surface area contributed by atoms with Gasteiger partial charge < -0.3 is 0 Å². The number of rotatable bonds is 3. The molecule has 0 spiro atoms. The van der Waals surface area contributed by atoms with E-state index in [1.807, 2.05) is 13.8 Å². The van der Waals surface area contributed by atoms with Gasteiger partial charge in [-0.25, -0.2) is 4.98 Å². The van der Waals surface area contributed by atoms with Crippen molar-refractivity contribution in [3.63, 3.8) is 0 Å². The van der Waals surface area contributed by atoms with Crippen LogP contribution in [0.2, 0.25) is 0 Å². The Hall–Kier alpha value is -2.24. The molecule has 6 heteroatoms. The zero-order valence-corrected chi connectivity index (χ0v) is 9.54. The van der Waals surface area contributed by atoms with E-state index < -0.39 is 4.92 Å². The number of hydrogen-bond donors (Lipinski definition) is 1. The van der Waals surface area contributed by atoms with Crippen LogP contribution in [0.15, 0.2) is 24.3 Å². The van der Waals surface area contributed by atoms with Crippen LogP contribution in [-0.4, -0.2) is 20.1 Å². The second-order valence-corrected chi connectivity index (χ2v) is 4.00. The molecule has 0 unspecified atom stereocenters. The van der Waals surface area contributed by atoms with Crippen LogP contribution in [0.5, 0.6) is 0 Å². The predicted octanol–water partition coefficient (Wildman–Crippen LogP) is 2.50. The van der Waals surface area contributed by atoms with Crippen molar-refractivity contribution in [2.24, 2.45) is 0 Å². The number of nitro benzene ring substituents is 1. The number of nitrogens with zero attached hydrogens (tertiary/aromatic N) is 3. The Morgan fingerprint density at radius 2 is 1.94 bits per heavy atom. The molecule has 17 heavy (non-hydrogen) atoms. The standard InChI is InChI=1S/C11H12N4O2/c1-7(2)10-12-11(14-13-10)8-3-5-9(6-4-8)15(16)17/h3-7H,1-2H3,(H,12,13,14). The molecule has 0 bridgehead atoms. The average molecular weight is 232 g/mol. The summed E-state index contributed by atoms with van der Waals surface area (Å²) in [6, 6.07) is 6.18. The van der Waals surface area contributed by atoms with Crippen molar-refractivity contribution in [2.75, 3.05) is 0 Å². The molecule has 1 aromatic carbocycles. The van der Waals surface area contributed by atoms with Gasteiger partial charge in [0.1, 0.15) is 5.82 Å². The Bertz CT molecular complexity index is 531. The summed E-state index contributed by atoms with van der Waals surface area (Å²) in [4.78, 5) is 14.4. The van der Waals surface area contributed by atoms with Crippen molar-refractivity contribution >= 4 is 5.69 Å². The predicted molar refractivity (Wildman–Crippen MR) is 62.6 cm³/mol. The molecule has 0 aliphatic heterocycles. The van der Waals surface area contributed by atoms with Gasteiger partial charge in [-0.1, -0.05) is 13.8 Å². The van der Waals surface area contributed by atoms with Crippen LogP contribution in [0.3, 0.4) is 0 Å². The molecule has 88 valence electrons. The maximum Gasteiger partial charge on any atom is 0.269 e. The number of hydrogen-bond acceptors (Lipinski definition) is 4. The number of H-pyrrole nitrogens is 1. The number of benzene rings is 1. The maximum atomic E-state index is 10.5. The van der Waals surface area contributed by atoms with Crippen LogP contribution >= 0.6 is 0 Å². The van der Waals surface area contributed by atoms with Crippen molar-refractivity contribution in [2.45, 2.75) is 19.8 Å². The van der Waals surface area contributed by atoms with Gasteiger partial charge >= 0.3 is 0 Å². The summed E-state index contributed by atoms with van der Waals surface area (Å²) in [7, 11) is 0. The molecule has 0 fully saturated rings. The lowest BCUT2D eigenvalue weighted by Crippen LogP contribution is -1.90. The van der Waals surface area contributed by atoms with E-state index in [0.29, 0.717) is 5.82 Å². The number of nitrogens with one attached hydrogen (secondary N) is 1. The Morgan fingerprint density at radius 1 is 1.29 bits per heavy atom. The second kappa shape index (κ2) is 4.32. The van der Waals surface area contributed by atoms with E-state index in [9.17, 15) is 10.1 Å². The van der Waals surface area contributed by atoms with Gasteiger partial charge in [-0.05, 0) is 12.1 Å². The topological polar surface area (TPSA) is 84.7 Å². The van der Waals surface area contributed by atoms with E-state index in [-0.39, 0.29) is 11.6 Å². The minimum absolute atomic E-state index is 0.0633. The van der Waals surface area contributed by atoms with Crippen molar-refractivity contribution in [3.8, 4) is 11.4 Å². The summed E-state index contributed by atoms with van der Waals surface area (Å²) in [5, 5.41) is 17.4. The molecule has 0 aliphatic carbocycles. The Kier molecular flexibility index (Phi) is 2.86. The summed E-state index contributed by atoms with van der Waals surface area (Å²) >= 11 is 0. The molecule has 1 N–H and O–H groups in total. The number of aromatic amines is 1. The Morgan fingerprint density at radius 3 is 2.41 bits per heavy atom. The summed E-state index contributed by atoms with van der Waals surface area (Å²) in [5.41, 5.74) is 0.826. The molecule has 0 aliphatic rings. The molecule has 0 saturated heterocycles. The van der Waals surface area contributed by atoms with E-state index in [2.05, 4.69) is 15.2 Å². The van der Waals surface area contributed by atoms with Crippen LogP contribution in [0, 0.1) is 10.1 Å². The van der Waals surface area contributed by atoms with Crippen LogP contribution in [0.25, 0.3) is 11.4 Å². The van der Waals surface area contributed by atoms with Crippen LogP contribution in [-0.2, 0) is 0 Å². The van der Waals surface area contributed by atoms with Crippen molar-refractivity contribution in [1.82, 2.24) is 15.2 Å². The zero-order valence-electron chi connectivity index (χ0n) is 9.54. The Balaban J connectivity index is 2.30. The van der Waals surface area contributed by atoms with Gasteiger partial charge in [0.15, 0.2) is 5.82 Å². The monoisotopic (exact) mass is 232 g/mol. The van der Waals surface area contributed by atoms with E-state index in [1.165, 1.54) is 12.1 Å². The third-order valence-electron chi connectivity index (χ3n) is 2.39. The highest BCUT2D eigenvalue weighted by Gasteiger charge is 2.10. The van der Waals surface area contributed by atoms with E-state index >= 15 is 0 Å². The molecule has 0 radical (unpaired) electrons. The first-order valence-corrected chi connectivity index (χ1v) is 5.25. The maximum absolute atomic E-state index is 10.5. The minimum atomic E-state index is -0.429. The van der Waals surface area contributed by atoms with Gasteiger partial charge in [-0.15, -0.1) is 0 Å². The normalized spacial score (nSPS) is 10.8. The zero-order chi connectivity index (χ0) is 12.4. The van der Waals surface area contributed by atoms with Crippen LogP contribution in [0.1, 0.15) is 25.6 Å². The minimum Gasteiger partial charge on any atom is -0.262 e. The van der Waals surface area contributed by atoms with Gasteiger partial charge in [0.25, 0.3) is 5.69 Å². The SMILES string of the molecule is CC(C)c1nc(-c2ccc([N+](=O)[O-])cc2)n[nH]1. The number of nitro groups is 1. The first-order chi connectivity index (χ1) is 8.08. The van der Waals surface area contributed by atoms with Crippen LogP contribution < -0.4 is 0 Å². The molecule has 1 heterocycles. The van der Waals surface area contributed by atoms with Gasteiger partial charge in [0, 0.05) is 23.6 Å². The van der Waals surface area contributed by atoms with Gasteiger partial charge in [0.2, 0.25) is 0 Å². The third kappa shape index (κ3) is 2.30. The largest absolute Gasteiger partial charge is 0.269 e. The fourth-order valence-electron chi connectivity index (χ4n) is 1.39. The summed E-state index contributed by atoms with van der Waals surface area (Å²) in [6.45, 7) is 4.03. The molecule has 0 atom stereocenters. The second-order valence-electron chi connectivity index (χ2n) is 4.00. The van der Waals surface area contributed by atoms with E-state index in [4.69, 9.17) is 0 Å². The first kappa shape index (κ1) is 11.3. The third-order valence-corrected chi connectivity index (χ3v) is 2.39. The van der Waals surface area contributed by atoms with Gasteiger partial charge in [-0.3, -0.25) is 15.2 Å². The molecular formula is C11H12N4O2. The highest BCUT2D eigenvalue weighted by molar-refractivity contribution is 5.56. The van der Waals surface area contributed by atoms with Crippen molar-refractivity contribution in [3.05, 3.63) is 40.2 Å². The van der Waals surface area contributed by atoms with E-state index in [1.54, 1.807) is 12.1 Å². The molecule has 2 rings (SSSR count). The fourth-order valence-corrected chi connectivity index (χ4v) is 1.39. The lowest BCUT2D eigenvalue weighted by molar-refractivity contribution is -0.384. The van der Waals surface area contributed by atoms with E-state index in [0.717, 1.165) is 11.4 Å². The van der Waals surface area contributed by atoms with Crippen molar-refractivity contribution in [1.29, 1.82) is 0 Å². The average Bonchev–Trinajstić information content (AvgIpc) is 2.78. The summed E-state index contributed by atoms with van der Waals surface area (Å²) < 4.78 is 0. The Labute approximate surface area is 97.9 Å². The quantitative estimate of drug-likeness (QED) is 0.650. The number of non-ortho nitro benzene ring substituents is 1. The molecule has 1 aromatic heterocycles. The molecule has 0 saturated carbocycles. The van der Waals surface area contributed by atoms with Gasteiger partial charge in [-0.2, -0.15) is 5.10 Å². The molecule has 0 amide bonds. The number of aromatic nitrogens is 3. The molecule has 6 nitrogen and oxygen atoms in total. The fraction of sp³-hybridized carbons (Fsp3) is 0.273. The van der Waals surface area contributed by atoms with Gasteiger partial charge in [0.05, 0.1) is 4.92 Å². The molecular weight excluding hydrogens is 220 g/mol. The smallest absolute Gasteiger partial charge is 0.262 e. The van der Waals surface area contributed by atoms with Crippen molar-refractivity contribution < 1.29 is 4.92 Å². The highest BCUT2D eigenvalue weighted by Crippen LogP contribution is 2.20. The lowest BCUT2D eigenvalue weighted by Gasteiger charge is -1.96. The summed E-state index contributed by atoms with van der Waals surface area (Å²) in [6.07, 6.45) is 0. The first-order valence-electron chi connectivity index (χ1n) is 5.25. The highest BCUT2D eigenvalue weighted by atomic mass is 16.6. The summed E-state index contributed by atoms with van der Waals surface area (Å²) in [5.74, 6) is 1.64. The van der Waals surface area contributed by atoms with Crippen LogP contribution in [0.4, 0.5) is 5.69 Å².